The lowest BCUT2D eigenvalue weighted by molar-refractivity contribution is -0.137. The molecule has 0 radical (unpaired) electrons. The van der Waals surface area contributed by atoms with Crippen molar-refractivity contribution in [2.45, 2.75) is 77.6 Å². The molecule has 0 aliphatic carbocycles. The van der Waals surface area contributed by atoms with Crippen molar-refractivity contribution in [1.29, 1.82) is 0 Å². The van der Waals surface area contributed by atoms with Crippen molar-refractivity contribution < 1.29 is 9.90 Å². The summed E-state index contributed by atoms with van der Waals surface area (Å²) in [5.74, 6) is -0.674. The Balaban J connectivity index is 3.25. The van der Waals surface area contributed by atoms with Crippen LogP contribution >= 0.6 is 0 Å². The largest absolute Gasteiger partial charge is 0.481 e. The average Bonchev–Trinajstić information content (AvgIpc) is 2.46. The van der Waals surface area contributed by atoms with Gasteiger partial charge in [-0.1, -0.05) is 69.1 Å². The monoisotopic (exact) mass is 292 g/mol. The molecule has 2 heteroatoms. The van der Waals surface area contributed by atoms with Crippen molar-refractivity contribution in [3.05, 3.63) is 36.5 Å². The Hall–Kier alpha value is -1.31. The third-order valence-electron chi connectivity index (χ3n) is 3.26. The molecule has 1 N–H and O–H groups in total. The Morgan fingerprint density at radius 3 is 1.90 bits per heavy atom. The number of carboxylic acids is 1. The highest BCUT2D eigenvalue weighted by Crippen LogP contribution is 2.07. The Morgan fingerprint density at radius 1 is 0.762 bits per heavy atom. The molecule has 0 bridgehead atoms. The summed E-state index contributed by atoms with van der Waals surface area (Å²) in [5, 5.41) is 8.51. The van der Waals surface area contributed by atoms with Gasteiger partial charge in [0.25, 0.3) is 0 Å². The topological polar surface area (TPSA) is 37.3 Å². The molecule has 0 fully saturated rings. The maximum absolute atomic E-state index is 10.3. The van der Waals surface area contributed by atoms with Crippen LogP contribution in [-0.2, 0) is 4.79 Å². The second kappa shape index (κ2) is 16.7. The van der Waals surface area contributed by atoms with E-state index in [4.69, 9.17) is 5.11 Å². The number of allylic oxidation sites excluding steroid dienone is 6. The number of unbranched alkanes of at least 4 members (excludes halogenated alkanes) is 6. The predicted molar refractivity (Wildman–Crippen MR) is 91.5 cm³/mol. The Bertz CT molecular complexity index is 314. The van der Waals surface area contributed by atoms with Crippen LogP contribution in [0.1, 0.15) is 77.6 Å². The van der Waals surface area contributed by atoms with Crippen LogP contribution < -0.4 is 0 Å². The summed E-state index contributed by atoms with van der Waals surface area (Å²) in [7, 11) is 0. The summed E-state index contributed by atoms with van der Waals surface area (Å²) < 4.78 is 0. The van der Waals surface area contributed by atoms with Gasteiger partial charge in [0, 0.05) is 6.42 Å². The molecule has 2 nitrogen and oxygen atoms in total. The molecule has 0 amide bonds. The summed E-state index contributed by atoms with van der Waals surface area (Å²) in [6.45, 7) is 2.20. The molecular formula is C19H32O2. The summed E-state index contributed by atoms with van der Waals surface area (Å²) in [6.07, 6.45) is 24.8. The zero-order valence-electron chi connectivity index (χ0n) is 13.6. The van der Waals surface area contributed by atoms with Crippen molar-refractivity contribution in [2.75, 3.05) is 0 Å². The molecule has 0 heterocycles. The number of hydrogen-bond acceptors (Lipinski definition) is 1. The first-order chi connectivity index (χ1) is 10.3. The van der Waals surface area contributed by atoms with Crippen molar-refractivity contribution in [1.82, 2.24) is 0 Å². The van der Waals surface area contributed by atoms with E-state index >= 15 is 0 Å². The van der Waals surface area contributed by atoms with Gasteiger partial charge in [-0.2, -0.15) is 0 Å². The van der Waals surface area contributed by atoms with Crippen molar-refractivity contribution >= 4 is 5.97 Å². The lowest BCUT2D eigenvalue weighted by atomic mass is 10.1. The zero-order valence-corrected chi connectivity index (χ0v) is 13.6. The van der Waals surface area contributed by atoms with Gasteiger partial charge in [-0.15, -0.1) is 0 Å². The minimum Gasteiger partial charge on any atom is -0.481 e. The van der Waals surface area contributed by atoms with Gasteiger partial charge < -0.3 is 5.11 Å². The lowest BCUT2D eigenvalue weighted by Gasteiger charge is -1.98. The van der Waals surface area contributed by atoms with Crippen LogP contribution in [0, 0.1) is 0 Å². The second-order valence-corrected chi connectivity index (χ2v) is 5.37. The molecule has 0 aliphatic heterocycles. The van der Waals surface area contributed by atoms with E-state index in [1.807, 2.05) is 0 Å². The van der Waals surface area contributed by atoms with Crippen LogP contribution in [0.25, 0.3) is 0 Å². The van der Waals surface area contributed by atoms with E-state index in [2.05, 4.69) is 43.4 Å². The molecule has 0 aromatic heterocycles. The van der Waals surface area contributed by atoms with Gasteiger partial charge in [0.05, 0.1) is 0 Å². The van der Waals surface area contributed by atoms with Gasteiger partial charge in [-0.05, 0) is 38.5 Å². The molecule has 0 saturated heterocycles. The minimum atomic E-state index is -0.674. The van der Waals surface area contributed by atoms with Gasteiger partial charge >= 0.3 is 5.97 Å². The Kier molecular flexibility index (Phi) is 15.7. The quantitative estimate of drug-likeness (QED) is 0.312. The van der Waals surface area contributed by atoms with Crippen molar-refractivity contribution in [3.63, 3.8) is 0 Å². The summed E-state index contributed by atoms with van der Waals surface area (Å²) >= 11 is 0. The lowest BCUT2D eigenvalue weighted by Crippen LogP contribution is -1.93. The fourth-order valence-corrected chi connectivity index (χ4v) is 2.01. The Morgan fingerprint density at radius 2 is 1.29 bits per heavy atom. The second-order valence-electron chi connectivity index (χ2n) is 5.37. The molecule has 0 rings (SSSR count). The Labute approximate surface area is 130 Å². The molecule has 0 aliphatic rings. The number of rotatable bonds is 14. The fourth-order valence-electron chi connectivity index (χ4n) is 2.01. The van der Waals surface area contributed by atoms with Gasteiger partial charge in [0.15, 0.2) is 0 Å². The molecule has 0 unspecified atom stereocenters. The molecule has 0 aromatic rings. The standard InChI is InChI=1S/C19H32O2/c1-2-3-4-5-6-7-8-9-10-11-12-13-14-15-16-17-18-19(20)21/h4-5,7-8,10-11H,2-3,6,9,12-18H2,1H3,(H,20,21)/b5-4+,8-7+,11-10+. The van der Waals surface area contributed by atoms with E-state index < -0.39 is 5.97 Å². The first kappa shape index (κ1) is 19.7. The summed E-state index contributed by atoms with van der Waals surface area (Å²) in [4.78, 5) is 10.3. The van der Waals surface area contributed by atoms with E-state index in [0.717, 1.165) is 38.5 Å². The predicted octanol–water partition coefficient (Wildman–Crippen LogP) is 6.05. The third kappa shape index (κ3) is 18.7. The highest BCUT2D eigenvalue weighted by molar-refractivity contribution is 5.66. The van der Waals surface area contributed by atoms with Crippen LogP contribution in [-0.4, -0.2) is 11.1 Å². The van der Waals surface area contributed by atoms with Gasteiger partial charge in [-0.25, -0.2) is 0 Å². The summed E-state index contributed by atoms with van der Waals surface area (Å²) in [5.41, 5.74) is 0. The average molecular weight is 292 g/mol. The van der Waals surface area contributed by atoms with Crippen molar-refractivity contribution in [3.8, 4) is 0 Å². The molecule has 0 aromatic carbocycles. The fraction of sp³-hybridized carbons (Fsp3) is 0.632. The third-order valence-corrected chi connectivity index (χ3v) is 3.26. The van der Waals surface area contributed by atoms with E-state index in [-0.39, 0.29) is 0 Å². The van der Waals surface area contributed by atoms with Crippen LogP contribution in [0.5, 0.6) is 0 Å². The van der Waals surface area contributed by atoms with Crippen LogP contribution in [0.2, 0.25) is 0 Å². The molecule has 0 atom stereocenters. The highest BCUT2D eigenvalue weighted by atomic mass is 16.4. The molecule has 120 valence electrons. The molecule has 21 heavy (non-hydrogen) atoms. The number of aliphatic carboxylic acids is 1. The maximum atomic E-state index is 10.3. The number of hydrogen-bond donors (Lipinski definition) is 1. The van der Waals surface area contributed by atoms with Gasteiger partial charge in [0.1, 0.15) is 0 Å². The minimum absolute atomic E-state index is 0.319. The SMILES string of the molecule is CCC/C=C/C/C=C/C/C=C/CCCCCCCC(=O)O. The first-order valence-electron chi connectivity index (χ1n) is 8.44. The van der Waals surface area contributed by atoms with E-state index in [1.165, 1.54) is 25.7 Å². The van der Waals surface area contributed by atoms with E-state index in [0.29, 0.717) is 6.42 Å². The van der Waals surface area contributed by atoms with Gasteiger partial charge in [0.2, 0.25) is 0 Å². The highest BCUT2D eigenvalue weighted by Gasteiger charge is 1.95. The van der Waals surface area contributed by atoms with Crippen LogP contribution in [0.4, 0.5) is 0 Å². The smallest absolute Gasteiger partial charge is 0.303 e. The zero-order chi connectivity index (χ0) is 15.6. The molecule has 0 spiro atoms. The van der Waals surface area contributed by atoms with E-state index in [1.54, 1.807) is 0 Å². The van der Waals surface area contributed by atoms with Crippen LogP contribution in [0.3, 0.4) is 0 Å². The maximum Gasteiger partial charge on any atom is 0.303 e. The van der Waals surface area contributed by atoms with Crippen molar-refractivity contribution in [2.24, 2.45) is 0 Å². The number of carbonyl (C=O) groups is 1. The first-order valence-corrected chi connectivity index (χ1v) is 8.44. The van der Waals surface area contributed by atoms with Gasteiger partial charge in [-0.3, -0.25) is 4.79 Å². The summed E-state index contributed by atoms with van der Waals surface area (Å²) in [6, 6.07) is 0. The van der Waals surface area contributed by atoms with Crippen LogP contribution in [0.15, 0.2) is 36.5 Å². The number of carboxylic acid groups (broad SMARTS) is 1. The normalized spacial score (nSPS) is 12.0. The molecule has 0 saturated carbocycles. The van der Waals surface area contributed by atoms with E-state index in [9.17, 15) is 4.79 Å². The molecular weight excluding hydrogens is 260 g/mol.